The fourth-order valence-corrected chi connectivity index (χ4v) is 4.05. The molecule has 0 aromatic carbocycles. The summed E-state index contributed by atoms with van der Waals surface area (Å²) in [6.45, 7) is -0.252. The van der Waals surface area contributed by atoms with Gasteiger partial charge in [0.05, 0.1) is 12.7 Å². The molecule has 8 nitrogen and oxygen atoms in total. The van der Waals surface area contributed by atoms with Crippen LogP contribution in [0.1, 0.15) is 37.7 Å². The molecule has 9 heteroatoms. The van der Waals surface area contributed by atoms with E-state index in [0.717, 1.165) is 34.4 Å². The second kappa shape index (κ2) is 6.44. The molecule has 1 aliphatic rings. The third-order valence-electron chi connectivity index (χ3n) is 3.79. The molecule has 0 aliphatic heterocycles. The van der Waals surface area contributed by atoms with Crippen molar-refractivity contribution in [2.75, 3.05) is 12.4 Å². The molecule has 0 unspecified atom stereocenters. The Kier molecular flexibility index (Phi) is 4.34. The molecule has 0 saturated carbocycles. The predicted molar refractivity (Wildman–Crippen MR) is 85.5 cm³/mol. The molecule has 2 aromatic rings. The third-order valence-corrected chi connectivity index (χ3v) is 5.00. The number of aryl methyl sites for hydroxylation is 1. The zero-order valence-corrected chi connectivity index (χ0v) is 13.7. The molecular weight excluding hydrogens is 334 g/mol. The molecule has 0 spiro atoms. The molecule has 3 rings (SSSR count). The van der Waals surface area contributed by atoms with E-state index in [0.29, 0.717) is 10.6 Å². The van der Waals surface area contributed by atoms with Crippen LogP contribution in [-0.2, 0) is 28.9 Å². The highest BCUT2D eigenvalue weighted by atomic mass is 32.1. The number of rotatable bonds is 5. The Hall–Kier alpha value is -2.68. The van der Waals surface area contributed by atoms with E-state index in [1.54, 1.807) is 0 Å². The topological polar surface area (TPSA) is 111 Å². The van der Waals surface area contributed by atoms with Crippen molar-refractivity contribution in [2.45, 2.75) is 25.8 Å². The maximum Gasteiger partial charge on any atom is 0.354 e. The lowest BCUT2D eigenvalue weighted by Crippen LogP contribution is -2.22. The Bertz CT molecular complexity index is 823. The van der Waals surface area contributed by atoms with Crippen LogP contribution in [0.5, 0.6) is 0 Å². The van der Waals surface area contributed by atoms with Gasteiger partial charge in [-0.3, -0.25) is 4.79 Å². The molecular formula is C15H15N3O5S. The van der Waals surface area contributed by atoms with Crippen molar-refractivity contribution in [1.29, 1.82) is 0 Å². The van der Waals surface area contributed by atoms with Gasteiger partial charge in [-0.05, 0) is 30.9 Å². The van der Waals surface area contributed by atoms with Crippen LogP contribution in [0.4, 0.5) is 5.00 Å². The number of anilines is 1. The summed E-state index contributed by atoms with van der Waals surface area (Å²) in [4.78, 5) is 36.4. The summed E-state index contributed by atoms with van der Waals surface area (Å²) in [5.74, 6) is -2.09. The molecule has 0 bridgehead atoms. The number of carbonyl (C=O) groups is 3. The van der Waals surface area contributed by atoms with Gasteiger partial charge < -0.3 is 15.2 Å². The van der Waals surface area contributed by atoms with E-state index in [2.05, 4.69) is 10.4 Å². The van der Waals surface area contributed by atoms with Gasteiger partial charge in [0.15, 0.2) is 0 Å². The fraction of sp³-hybridized carbons (Fsp3) is 0.333. The number of fused-ring (bicyclic) bond motifs is 1. The summed E-state index contributed by atoms with van der Waals surface area (Å²) >= 11 is 1.37. The van der Waals surface area contributed by atoms with Crippen LogP contribution in [0.2, 0.25) is 0 Å². The predicted octanol–water partition coefficient (Wildman–Crippen LogP) is 1.56. The van der Waals surface area contributed by atoms with Gasteiger partial charge in [0.25, 0.3) is 0 Å². The van der Waals surface area contributed by atoms with Crippen LogP contribution < -0.4 is 5.32 Å². The Morgan fingerprint density at radius 1 is 1.42 bits per heavy atom. The normalized spacial score (nSPS) is 12.7. The summed E-state index contributed by atoms with van der Waals surface area (Å²) in [5.41, 5.74) is 1.27. The average molecular weight is 349 g/mol. The molecule has 2 N–H and O–H groups in total. The van der Waals surface area contributed by atoms with Crippen molar-refractivity contribution >= 4 is 34.2 Å². The van der Waals surface area contributed by atoms with E-state index in [1.807, 2.05) is 0 Å². The highest BCUT2D eigenvalue weighted by molar-refractivity contribution is 7.17. The van der Waals surface area contributed by atoms with Gasteiger partial charge in [0, 0.05) is 11.1 Å². The lowest BCUT2D eigenvalue weighted by molar-refractivity contribution is -0.116. The van der Waals surface area contributed by atoms with Crippen molar-refractivity contribution < 1.29 is 24.2 Å². The number of carboxylic acids is 1. The van der Waals surface area contributed by atoms with E-state index in [-0.39, 0.29) is 12.2 Å². The molecule has 0 atom stereocenters. The van der Waals surface area contributed by atoms with Gasteiger partial charge in [0.2, 0.25) is 5.91 Å². The van der Waals surface area contributed by atoms with E-state index < -0.39 is 17.8 Å². The Balaban J connectivity index is 1.81. The molecule has 1 amide bonds. The number of hydrogen-bond acceptors (Lipinski definition) is 6. The molecule has 0 radical (unpaired) electrons. The van der Waals surface area contributed by atoms with Gasteiger partial charge in [-0.25, -0.2) is 14.3 Å². The van der Waals surface area contributed by atoms with Gasteiger partial charge in [0.1, 0.15) is 17.2 Å². The molecule has 0 fully saturated rings. The maximum absolute atomic E-state index is 12.2. The highest BCUT2D eigenvalue weighted by Crippen LogP contribution is 2.39. The number of ether oxygens (including phenoxy) is 1. The van der Waals surface area contributed by atoms with Crippen LogP contribution in [0.3, 0.4) is 0 Å². The number of aromatic carboxylic acids is 1. The molecule has 126 valence electrons. The SMILES string of the molecule is COC(=O)c1c(NC(=O)Cn2nccc2C(=O)O)sc2c1CCC2. The van der Waals surface area contributed by atoms with Gasteiger partial charge in [-0.1, -0.05) is 0 Å². The van der Waals surface area contributed by atoms with Gasteiger partial charge >= 0.3 is 11.9 Å². The number of methoxy groups -OCH3 is 1. The smallest absolute Gasteiger partial charge is 0.354 e. The summed E-state index contributed by atoms with van der Waals surface area (Å²) in [6, 6.07) is 1.31. The van der Waals surface area contributed by atoms with Crippen molar-refractivity contribution in [1.82, 2.24) is 9.78 Å². The first kappa shape index (κ1) is 16.2. The first-order valence-corrected chi connectivity index (χ1v) is 8.10. The zero-order chi connectivity index (χ0) is 17.3. The summed E-state index contributed by atoms with van der Waals surface area (Å²) in [6.07, 6.45) is 3.96. The largest absolute Gasteiger partial charge is 0.477 e. The summed E-state index contributed by atoms with van der Waals surface area (Å²) in [5, 5.41) is 16.0. The minimum atomic E-state index is -1.16. The summed E-state index contributed by atoms with van der Waals surface area (Å²) in [7, 11) is 1.30. The van der Waals surface area contributed by atoms with Gasteiger partial charge in [-0.2, -0.15) is 5.10 Å². The molecule has 2 heterocycles. The van der Waals surface area contributed by atoms with Crippen LogP contribution >= 0.6 is 11.3 Å². The molecule has 24 heavy (non-hydrogen) atoms. The number of nitrogens with zero attached hydrogens (tertiary/aromatic N) is 2. The minimum absolute atomic E-state index is 0.0768. The Morgan fingerprint density at radius 2 is 2.21 bits per heavy atom. The molecule has 0 saturated heterocycles. The fourth-order valence-electron chi connectivity index (χ4n) is 2.75. The van der Waals surface area contributed by atoms with Crippen molar-refractivity contribution in [3.63, 3.8) is 0 Å². The van der Waals surface area contributed by atoms with Crippen LogP contribution in [0.15, 0.2) is 12.3 Å². The highest BCUT2D eigenvalue weighted by Gasteiger charge is 2.28. The van der Waals surface area contributed by atoms with E-state index in [1.165, 1.54) is 30.7 Å². The van der Waals surface area contributed by atoms with Gasteiger partial charge in [-0.15, -0.1) is 11.3 Å². The number of thiophene rings is 1. The van der Waals surface area contributed by atoms with Crippen molar-refractivity contribution in [2.24, 2.45) is 0 Å². The van der Waals surface area contributed by atoms with E-state index in [9.17, 15) is 14.4 Å². The number of esters is 1. The number of hydrogen-bond donors (Lipinski definition) is 2. The molecule has 2 aromatic heterocycles. The second-order valence-corrected chi connectivity index (χ2v) is 6.39. The Labute approximate surface area is 141 Å². The maximum atomic E-state index is 12.2. The van der Waals surface area contributed by atoms with Crippen molar-refractivity contribution in [3.8, 4) is 0 Å². The lowest BCUT2D eigenvalue weighted by atomic mass is 10.1. The summed E-state index contributed by atoms with van der Waals surface area (Å²) < 4.78 is 5.91. The standard InChI is InChI=1S/C15H15N3O5S/c1-23-15(22)12-8-3-2-4-10(8)24-13(12)17-11(19)7-18-9(14(20)21)5-6-16-18/h5-6H,2-4,7H2,1H3,(H,17,19)(H,20,21). The number of carbonyl (C=O) groups excluding carboxylic acids is 2. The van der Waals surface area contributed by atoms with Crippen LogP contribution in [0, 0.1) is 0 Å². The zero-order valence-electron chi connectivity index (χ0n) is 12.9. The average Bonchev–Trinajstić information content (AvgIpc) is 3.21. The second-order valence-electron chi connectivity index (χ2n) is 5.28. The monoisotopic (exact) mass is 349 g/mol. The number of amides is 1. The van der Waals surface area contributed by atoms with E-state index in [4.69, 9.17) is 9.84 Å². The van der Waals surface area contributed by atoms with Crippen LogP contribution in [-0.4, -0.2) is 39.8 Å². The lowest BCUT2D eigenvalue weighted by Gasteiger charge is -2.08. The first-order chi connectivity index (χ1) is 11.5. The number of nitrogens with one attached hydrogen (secondary N) is 1. The van der Waals surface area contributed by atoms with Crippen molar-refractivity contribution in [3.05, 3.63) is 34.0 Å². The van der Waals surface area contributed by atoms with E-state index >= 15 is 0 Å². The Morgan fingerprint density at radius 3 is 2.92 bits per heavy atom. The van der Waals surface area contributed by atoms with Crippen LogP contribution in [0.25, 0.3) is 0 Å². The first-order valence-electron chi connectivity index (χ1n) is 7.29. The minimum Gasteiger partial charge on any atom is -0.477 e. The molecule has 1 aliphatic carbocycles. The quantitative estimate of drug-likeness (QED) is 0.793. The number of carboxylic acid groups (broad SMARTS) is 1. The number of aromatic nitrogens is 2. The third kappa shape index (κ3) is 2.90.